The number of carboxylic acid groups (broad SMARTS) is 1. The first-order chi connectivity index (χ1) is 12.6. The van der Waals surface area contributed by atoms with Crippen molar-refractivity contribution < 1.29 is 14.7 Å². The molecule has 0 aliphatic carbocycles. The van der Waals surface area contributed by atoms with Gasteiger partial charge in [-0.3, -0.25) is 9.59 Å². The van der Waals surface area contributed by atoms with Crippen molar-refractivity contribution in [2.45, 2.75) is 24.9 Å². The van der Waals surface area contributed by atoms with Crippen molar-refractivity contribution in [2.75, 3.05) is 11.4 Å². The first kappa shape index (κ1) is 16.7. The van der Waals surface area contributed by atoms with Crippen LogP contribution in [-0.4, -0.2) is 29.6 Å². The van der Waals surface area contributed by atoms with Gasteiger partial charge in [-0.15, -0.1) is 0 Å². The smallest absolute Gasteiger partial charge is 0.324 e. The summed E-state index contributed by atoms with van der Waals surface area (Å²) in [6.07, 6.45) is 1.54. The van der Waals surface area contributed by atoms with Gasteiger partial charge in [0.05, 0.1) is 6.04 Å². The molecular weight excluding hydrogens is 332 g/mol. The van der Waals surface area contributed by atoms with E-state index in [1.165, 1.54) is 0 Å². The molecule has 2 unspecified atom stereocenters. The number of hydrogen-bond donors (Lipinski definition) is 4. The monoisotopic (exact) mass is 352 g/mol. The third-order valence-electron chi connectivity index (χ3n) is 4.91. The Morgan fingerprint density at radius 2 is 1.65 bits per heavy atom. The highest BCUT2D eigenvalue weighted by molar-refractivity contribution is 5.95. The molecule has 2 heterocycles. The van der Waals surface area contributed by atoms with Gasteiger partial charge < -0.3 is 10.0 Å². The fraction of sp³-hybridized carbons (Fsp3) is 0.263. The zero-order valence-electron chi connectivity index (χ0n) is 14.1. The lowest BCUT2D eigenvalue weighted by Gasteiger charge is -2.16. The van der Waals surface area contributed by atoms with Crippen LogP contribution in [0, 0.1) is 0 Å². The lowest BCUT2D eigenvalue weighted by atomic mass is 9.97. The van der Waals surface area contributed by atoms with Crippen molar-refractivity contribution in [3.05, 3.63) is 54.1 Å². The van der Waals surface area contributed by atoms with E-state index in [1.54, 1.807) is 0 Å². The van der Waals surface area contributed by atoms with E-state index in [4.69, 9.17) is 0 Å². The first-order valence-electron chi connectivity index (χ1n) is 8.63. The minimum absolute atomic E-state index is 0.182. The molecule has 7 nitrogen and oxygen atoms in total. The van der Waals surface area contributed by atoms with Crippen molar-refractivity contribution >= 4 is 17.6 Å². The minimum Gasteiger partial charge on any atom is -0.480 e. The predicted octanol–water partition coefficient (Wildman–Crippen LogP) is 1.59. The summed E-state index contributed by atoms with van der Waals surface area (Å²) in [6.45, 7) is 0.786. The van der Waals surface area contributed by atoms with Gasteiger partial charge in [0, 0.05) is 18.7 Å². The molecule has 2 atom stereocenters. The molecule has 0 bridgehead atoms. The largest absolute Gasteiger partial charge is 0.480 e. The lowest BCUT2D eigenvalue weighted by Crippen LogP contribution is -2.38. The average Bonchev–Trinajstić information content (AvgIpc) is 3.31. The second-order valence-corrected chi connectivity index (χ2v) is 6.53. The van der Waals surface area contributed by atoms with Crippen molar-refractivity contribution in [2.24, 2.45) is 0 Å². The van der Waals surface area contributed by atoms with Crippen molar-refractivity contribution in [3.8, 4) is 11.1 Å². The zero-order valence-corrected chi connectivity index (χ0v) is 14.1. The number of anilines is 1. The van der Waals surface area contributed by atoms with Gasteiger partial charge in [0.2, 0.25) is 5.91 Å². The van der Waals surface area contributed by atoms with Crippen LogP contribution in [0.5, 0.6) is 0 Å². The molecule has 2 saturated heterocycles. The Morgan fingerprint density at radius 3 is 2.23 bits per heavy atom. The SMILES string of the molecule is O=C(O)C1NNNC1c1ccc(-c2ccc(N3CCCC3=O)cc2)cc1. The van der Waals surface area contributed by atoms with Crippen LogP contribution < -0.4 is 21.3 Å². The Balaban J connectivity index is 1.52. The number of amides is 1. The molecule has 0 saturated carbocycles. The minimum atomic E-state index is -0.913. The molecule has 1 amide bonds. The van der Waals surface area contributed by atoms with E-state index in [0.29, 0.717) is 6.42 Å². The van der Waals surface area contributed by atoms with Gasteiger partial charge in [-0.1, -0.05) is 36.4 Å². The predicted molar refractivity (Wildman–Crippen MR) is 97.0 cm³/mol. The average molecular weight is 352 g/mol. The van der Waals surface area contributed by atoms with E-state index in [1.807, 2.05) is 53.4 Å². The molecule has 4 N–H and O–H groups in total. The number of hydrogen-bond acceptors (Lipinski definition) is 5. The van der Waals surface area contributed by atoms with Gasteiger partial charge in [-0.05, 0) is 35.2 Å². The number of carboxylic acids is 1. The molecule has 2 aliphatic heterocycles. The maximum Gasteiger partial charge on any atom is 0.324 e. The number of nitrogens with zero attached hydrogens (tertiary/aromatic N) is 1. The molecule has 2 aliphatic rings. The molecular formula is C19H20N4O3. The number of carbonyl (C=O) groups is 2. The van der Waals surface area contributed by atoms with Crippen molar-refractivity contribution in [3.63, 3.8) is 0 Å². The fourth-order valence-electron chi connectivity index (χ4n) is 3.48. The summed E-state index contributed by atoms with van der Waals surface area (Å²) >= 11 is 0. The summed E-state index contributed by atoms with van der Waals surface area (Å²) in [5.41, 5.74) is 12.2. The maximum atomic E-state index is 11.8. The normalized spacial score (nSPS) is 22.8. The van der Waals surface area contributed by atoms with Crippen LogP contribution in [0.4, 0.5) is 5.69 Å². The summed E-state index contributed by atoms with van der Waals surface area (Å²) in [5.74, 6) is -0.731. The van der Waals surface area contributed by atoms with Crippen molar-refractivity contribution in [1.29, 1.82) is 0 Å². The Bertz CT molecular complexity index is 820. The van der Waals surface area contributed by atoms with E-state index in [0.717, 1.165) is 35.3 Å². The molecule has 0 radical (unpaired) electrons. The number of carbonyl (C=O) groups excluding carboxylic acids is 1. The second kappa shape index (κ2) is 6.87. The number of aliphatic carboxylic acids is 1. The van der Waals surface area contributed by atoms with E-state index in [9.17, 15) is 14.7 Å². The van der Waals surface area contributed by atoms with Gasteiger partial charge >= 0.3 is 5.97 Å². The maximum absolute atomic E-state index is 11.8. The number of rotatable bonds is 4. The van der Waals surface area contributed by atoms with E-state index < -0.39 is 12.0 Å². The topological polar surface area (TPSA) is 93.7 Å². The molecule has 7 heteroatoms. The highest BCUT2D eigenvalue weighted by atomic mass is 16.4. The van der Waals surface area contributed by atoms with Crippen LogP contribution in [0.3, 0.4) is 0 Å². The van der Waals surface area contributed by atoms with E-state index in [2.05, 4.69) is 16.4 Å². The molecule has 134 valence electrons. The van der Waals surface area contributed by atoms with Gasteiger partial charge in [0.15, 0.2) is 0 Å². The lowest BCUT2D eigenvalue weighted by molar-refractivity contribution is -0.139. The molecule has 2 aromatic carbocycles. The zero-order chi connectivity index (χ0) is 18.1. The Kier molecular flexibility index (Phi) is 4.42. The highest BCUT2D eigenvalue weighted by Crippen LogP contribution is 2.27. The van der Waals surface area contributed by atoms with Gasteiger partial charge in [-0.25, -0.2) is 10.9 Å². The van der Waals surface area contributed by atoms with Crippen LogP contribution in [0.1, 0.15) is 24.4 Å². The quantitative estimate of drug-likeness (QED) is 0.668. The van der Waals surface area contributed by atoms with Gasteiger partial charge in [0.1, 0.15) is 6.04 Å². The molecule has 2 fully saturated rings. The van der Waals surface area contributed by atoms with Crippen LogP contribution in [0.2, 0.25) is 0 Å². The summed E-state index contributed by atoms with van der Waals surface area (Å²) < 4.78 is 0. The van der Waals surface area contributed by atoms with Crippen LogP contribution >= 0.6 is 0 Å². The number of hydrazine groups is 2. The molecule has 0 spiro atoms. The molecule has 26 heavy (non-hydrogen) atoms. The standard InChI is InChI=1S/C19H20N4O3/c24-16-2-1-11-23(16)15-9-7-13(8-10-15)12-3-5-14(6-4-12)17-18(19(25)26)21-22-20-17/h3-10,17-18,20-22H,1-2,11H2,(H,25,26). The van der Waals surface area contributed by atoms with Crippen LogP contribution in [-0.2, 0) is 9.59 Å². The van der Waals surface area contributed by atoms with E-state index in [-0.39, 0.29) is 11.9 Å². The van der Waals surface area contributed by atoms with Crippen molar-refractivity contribution in [1.82, 2.24) is 16.4 Å². The van der Waals surface area contributed by atoms with E-state index >= 15 is 0 Å². The highest BCUT2D eigenvalue weighted by Gasteiger charge is 2.33. The third-order valence-corrected chi connectivity index (χ3v) is 4.91. The third kappa shape index (κ3) is 3.08. The van der Waals surface area contributed by atoms with Gasteiger partial charge in [-0.2, -0.15) is 5.53 Å². The summed E-state index contributed by atoms with van der Waals surface area (Å²) in [4.78, 5) is 24.9. The molecule has 0 aromatic heterocycles. The van der Waals surface area contributed by atoms with Gasteiger partial charge in [0.25, 0.3) is 0 Å². The van der Waals surface area contributed by atoms with Crippen LogP contribution in [0.15, 0.2) is 48.5 Å². The Hall–Kier alpha value is -2.74. The fourth-order valence-corrected chi connectivity index (χ4v) is 3.48. The first-order valence-corrected chi connectivity index (χ1v) is 8.63. The Morgan fingerprint density at radius 1 is 1.00 bits per heavy atom. The second-order valence-electron chi connectivity index (χ2n) is 6.53. The summed E-state index contributed by atoms with van der Waals surface area (Å²) in [6, 6.07) is 14.7. The Labute approximate surface area is 150 Å². The summed E-state index contributed by atoms with van der Waals surface area (Å²) in [7, 11) is 0. The number of benzene rings is 2. The molecule has 4 rings (SSSR count). The summed E-state index contributed by atoms with van der Waals surface area (Å²) in [5, 5.41) is 9.24. The van der Waals surface area contributed by atoms with Crippen LogP contribution in [0.25, 0.3) is 11.1 Å². The number of nitrogens with one attached hydrogen (secondary N) is 3. The molecule has 2 aromatic rings.